The van der Waals surface area contributed by atoms with E-state index in [0.29, 0.717) is 12.5 Å². The molecule has 21 heavy (non-hydrogen) atoms. The number of para-hydroxylation sites is 1. The van der Waals surface area contributed by atoms with Gasteiger partial charge in [0.1, 0.15) is 0 Å². The molecule has 0 spiro atoms. The van der Waals surface area contributed by atoms with Crippen LogP contribution in [0.15, 0.2) is 24.3 Å². The van der Waals surface area contributed by atoms with Crippen molar-refractivity contribution in [3.05, 3.63) is 29.8 Å². The Balaban J connectivity index is 1.47. The van der Waals surface area contributed by atoms with Crippen LogP contribution in [-0.4, -0.2) is 25.0 Å². The second kappa shape index (κ2) is 7.08. The van der Waals surface area contributed by atoms with Gasteiger partial charge in [-0.3, -0.25) is 4.79 Å². The van der Waals surface area contributed by atoms with Gasteiger partial charge < -0.3 is 10.2 Å². The highest BCUT2D eigenvalue weighted by Crippen LogP contribution is 2.27. The molecule has 1 aliphatic carbocycles. The number of fused-ring (bicyclic) bond motifs is 1. The monoisotopic (exact) mass is 286 g/mol. The van der Waals surface area contributed by atoms with Crippen molar-refractivity contribution < 1.29 is 4.79 Å². The molecule has 1 amide bonds. The van der Waals surface area contributed by atoms with Crippen LogP contribution in [0.1, 0.15) is 50.5 Å². The van der Waals surface area contributed by atoms with E-state index >= 15 is 0 Å². The van der Waals surface area contributed by atoms with Crippen LogP contribution in [0.25, 0.3) is 0 Å². The van der Waals surface area contributed by atoms with Crippen molar-refractivity contribution in [2.24, 2.45) is 0 Å². The summed E-state index contributed by atoms with van der Waals surface area (Å²) < 4.78 is 0. The SMILES string of the molecule is O=C(CCNC1CCCCCC1)N1CCc2ccccc21. The Hall–Kier alpha value is -1.35. The van der Waals surface area contributed by atoms with Crippen LogP contribution in [-0.2, 0) is 11.2 Å². The molecule has 1 heterocycles. The highest BCUT2D eigenvalue weighted by Gasteiger charge is 2.23. The first kappa shape index (κ1) is 14.6. The van der Waals surface area contributed by atoms with Gasteiger partial charge in [0, 0.05) is 31.2 Å². The predicted molar refractivity (Wildman–Crippen MR) is 86.6 cm³/mol. The van der Waals surface area contributed by atoms with Crippen LogP contribution in [0.2, 0.25) is 0 Å². The summed E-state index contributed by atoms with van der Waals surface area (Å²) in [6.45, 7) is 1.67. The van der Waals surface area contributed by atoms with E-state index < -0.39 is 0 Å². The lowest BCUT2D eigenvalue weighted by atomic mass is 10.1. The Morgan fingerprint density at radius 1 is 1.14 bits per heavy atom. The predicted octanol–water partition coefficient (Wildman–Crippen LogP) is 3.28. The van der Waals surface area contributed by atoms with E-state index in [1.54, 1.807) is 0 Å². The molecular formula is C18H26N2O. The second-order valence-corrected chi connectivity index (χ2v) is 6.32. The number of benzene rings is 1. The summed E-state index contributed by atoms with van der Waals surface area (Å²) in [6.07, 6.45) is 9.60. The van der Waals surface area contributed by atoms with Crippen molar-refractivity contribution >= 4 is 11.6 Å². The van der Waals surface area contributed by atoms with Crippen molar-refractivity contribution in [1.82, 2.24) is 5.32 Å². The summed E-state index contributed by atoms with van der Waals surface area (Å²) in [5, 5.41) is 3.59. The van der Waals surface area contributed by atoms with Gasteiger partial charge in [0.05, 0.1) is 0 Å². The first-order chi connectivity index (χ1) is 10.3. The number of anilines is 1. The Bertz CT molecular complexity index is 478. The van der Waals surface area contributed by atoms with Crippen LogP contribution in [0.5, 0.6) is 0 Å². The third-order valence-electron chi connectivity index (χ3n) is 4.82. The van der Waals surface area contributed by atoms with Crippen LogP contribution < -0.4 is 10.2 Å². The zero-order valence-corrected chi connectivity index (χ0v) is 12.8. The maximum atomic E-state index is 12.4. The van der Waals surface area contributed by atoms with Crippen molar-refractivity contribution in [2.45, 2.75) is 57.4 Å². The molecule has 0 radical (unpaired) electrons. The molecule has 0 atom stereocenters. The maximum Gasteiger partial charge on any atom is 0.228 e. The normalized spacial score (nSPS) is 19.3. The number of carbonyl (C=O) groups excluding carboxylic acids is 1. The van der Waals surface area contributed by atoms with Crippen LogP contribution in [0, 0.1) is 0 Å². The third kappa shape index (κ3) is 3.65. The molecule has 0 aromatic heterocycles. The van der Waals surface area contributed by atoms with Crippen LogP contribution in [0.4, 0.5) is 5.69 Å². The maximum absolute atomic E-state index is 12.4. The zero-order valence-electron chi connectivity index (χ0n) is 12.8. The van der Waals surface area contributed by atoms with Gasteiger partial charge in [-0.25, -0.2) is 0 Å². The Morgan fingerprint density at radius 2 is 1.90 bits per heavy atom. The van der Waals surface area contributed by atoms with Gasteiger partial charge >= 0.3 is 0 Å². The number of carbonyl (C=O) groups is 1. The fraction of sp³-hybridized carbons (Fsp3) is 0.611. The molecule has 114 valence electrons. The molecule has 0 unspecified atom stereocenters. The molecule has 3 nitrogen and oxygen atoms in total. The fourth-order valence-corrected chi connectivity index (χ4v) is 3.60. The van der Waals surface area contributed by atoms with Crippen LogP contribution >= 0.6 is 0 Å². The molecule has 2 aliphatic rings. The molecule has 0 saturated heterocycles. The molecule has 3 rings (SSSR count). The van der Waals surface area contributed by atoms with Gasteiger partial charge in [-0.2, -0.15) is 0 Å². The molecule has 0 bridgehead atoms. The second-order valence-electron chi connectivity index (χ2n) is 6.32. The minimum atomic E-state index is 0.265. The highest BCUT2D eigenvalue weighted by molar-refractivity contribution is 5.95. The lowest BCUT2D eigenvalue weighted by Gasteiger charge is -2.19. The lowest BCUT2D eigenvalue weighted by molar-refractivity contribution is -0.118. The molecule has 3 heteroatoms. The van der Waals surface area contributed by atoms with Gasteiger partial charge in [-0.1, -0.05) is 43.9 Å². The highest BCUT2D eigenvalue weighted by atomic mass is 16.2. The van der Waals surface area contributed by atoms with E-state index in [9.17, 15) is 4.79 Å². The van der Waals surface area contributed by atoms with E-state index in [1.165, 1.54) is 44.1 Å². The molecule has 1 fully saturated rings. The quantitative estimate of drug-likeness (QED) is 0.862. The van der Waals surface area contributed by atoms with Gasteiger partial charge in [0.2, 0.25) is 5.91 Å². The number of nitrogens with zero attached hydrogens (tertiary/aromatic N) is 1. The zero-order chi connectivity index (χ0) is 14.5. The molecular weight excluding hydrogens is 260 g/mol. The standard InChI is InChI=1S/C18H26N2O/c21-18(11-13-19-16-8-3-1-2-4-9-16)20-14-12-15-7-5-6-10-17(15)20/h5-7,10,16,19H,1-4,8-9,11-14H2. The number of rotatable bonds is 4. The first-order valence-corrected chi connectivity index (χ1v) is 8.46. The van der Waals surface area contributed by atoms with Gasteiger partial charge in [-0.05, 0) is 30.9 Å². The number of hydrogen-bond acceptors (Lipinski definition) is 2. The smallest absolute Gasteiger partial charge is 0.228 e. The summed E-state index contributed by atoms with van der Waals surface area (Å²) >= 11 is 0. The first-order valence-electron chi connectivity index (χ1n) is 8.46. The van der Waals surface area contributed by atoms with E-state index in [1.807, 2.05) is 11.0 Å². The minimum Gasteiger partial charge on any atom is -0.313 e. The summed E-state index contributed by atoms with van der Waals surface area (Å²) in [4.78, 5) is 14.4. The lowest BCUT2D eigenvalue weighted by Crippen LogP contribution is -2.35. The Morgan fingerprint density at radius 3 is 2.71 bits per heavy atom. The molecule has 1 N–H and O–H groups in total. The van der Waals surface area contributed by atoms with Gasteiger partial charge in [-0.15, -0.1) is 0 Å². The summed E-state index contributed by atoms with van der Waals surface area (Å²) in [5.74, 6) is 0.265. The van der Waals surface area contributed by atoms with Gasteiger partial charge in [0.25, 0.3) is 0 Å². The largest absolute Gasteiger partial charge is 0.313 e. The minimum absolute atomic E-state index is 0.265. The molecule has 1 aromatic rings. The summed E-state index contributed by atoms with van der Waals surface area (Å²) in [7, 11) is 0. The number of nitrogens with one attached hydrogen (secondary N) is 1. The number of amides is 1. The van der Waals surface area contributed by atoms with E-state index in [4.69, 9.17) is 0 Å². The molecule has 1 aliphatic heterocycles. The van der Waals surface area contributed by atoms with Crippen molar-refractivity contribution in [3.8, 4) is 0 Å². The van der Waals surface area contributed by atoms with Crippen molar-refractivity contribution in [3.63, 3.8) is 0 Å². The fourth-order valence-electron chi connectivity index (χ4n) is 3.60. The van der Waals surface area contributed by atoms with E-state index in [0.717, 1.165) is 25.2 Å². The average molecular weight is 286 g/mol. The van der Waals surface area contributed by atoms with Gasteiger partial charge in [0.15, 0.2) is 0 Å². The van der Waals surface area contributed by atoms with Crippen LogP contribution in [0.3, 0.4) is 0 Å². The summed E-state index contributed by atoms with van der Waals surface area (Å²) in [6, 6.07) is 8.91. The average Bonchev–Trinajstić information content (AvgIpc) is 2.77. The Labute approximate surface area is 127 Å². The topological polar surface area (TPSA) is 32.3 Å². The van der Waals surface area contributed by atoms with E-state index in [2.05, 4.69) is 23.5 Å². The molecule has 1 aromatic carbocycles. The Kier molecular flexibility index (Phi) is 4.91. The number of hydrogen-bond donors (Lipinski definition) is 1. The summed E-state index contributed by atoms with van der Waals surface area (Å²) in [5.41, 5.74) is 2.43. The van der Waals surface area contributed by atoms with Crippen molar-refractivity contribution in [2.75, 3.05) is 18.0 Å². The van der Waals surface area contributed by atoms with E-state index in [-0.39, 0.29) is 5.91 Å². The van der Waals surface area contributed by atoms with Crippen molar-refractivity contribution in [1.29, 1.82) is 0 Å². The molecule has 1 saturated carbocycles. The third-order valence-corrected chi connectivity index (χ3v) is 4.82.